The first-order valence-corrected chi connectivity index (χ1v) is 5.63. The number of aryl methyl sites for hydroxylation is 1. The van der Waals surface area contributed by atoms with Crippen LogP contribution in [0.5, 0.6) is 5.75 Å². The van der Waals surface area contributed by atoms with Crippen LogP contribution in [0.3, 0.4) is 0 Å². The van der Waals surface area contributed by atoms with Crippen LogP contribution < -0.4 is 0 Å². The molecule has 17 heavy (non-hydrogen) atoms. The predicted molar refractivity (Wildman–Crippen MR) is 71.5 cm³/mol. The van der Waals surface area contributed by atoms with E-state index in [1.807, 2.05) is 31.2 Å². The zero-order chi connectivity index (χ0) is 12.3. The van der Waals surface area contributed by atoms with E-state index in [9.17, 15) is 5.11 Å². The lowest BCUT2D eigenvalue weighted by atomic mass is 10.2. The van der Waals surface area contributed by atoms with Gasteiger partial charge in [-0.05, 0) is 42.8 Å². The second-order valence-electron chi connectivity index (χ2n) is 3.75. The van der Waals surface area contributed by atoms with Crippen LogP contribution >= 0.6 is 11.6 Å². The number of nitrogens with zero attached hydrogens (tertiary/aromatic N) is 1. The highest BCUT2D eigenvalue weighted by Crippen LogP contribution is 2.23. The molecule has 0 aliphatic carbocycles. The minimum Gasteiger partial charge on any atom is -0.507 e. The first-order valence-electron chi connectivity index (χ1n) is 5.25. The largest absolute Gasteiger partial charge is 0.507 e. The van der Waals surface area contributed by atoms with Crippen LogP contribution in [0.15, 0.2) is 47.5 Å². The van der Waals surface area contributed by atoms with Crippen LogP contribution in [0.25, 0.3) is 0 Å². The molecule has 2 aromatic carbocycles. The van der Waals surface area contributed by atoms with Crippen LogP contribution in [0.2, 0.25) is 5.02 Å². The SMILES string of the molecule is Cc1cc(Cl)ccc1N=Cc1ccccc1O. The molecular weight excluding hydrogens is 234 g/mol. The van der Waals surface area contributed by atoms with Gasteiger partial charge >= 0.3 is 0 Å². The molecule has 0 saturated carbocycles. The number of rotatable bonds is 2. The van der Waals surface area contributed by atoms with Gasteiger partial charge in [0.05, 0.1) is 5.69 Å². The molecule has 0 aliphatic rings. The summed E-state index contributed by atoms with van der Waals surface area (Å²) in [5, 5.41) is 10.3. The van der Waals surface area contributed by atoms with Crippen LogP contribution in [0.4, 0.5) is 5.69 Å². The second-order valence-corrected chi connectivity index (χ2v) is 4.18. The fraction of sp³-hybridized carbons (Fsp3) is 0.0714. The van der Waals surface area contributed by atoms with Crippen molar-refractivity contribution in [3.8, 4) is 5.75 Å². The normalized spacial score (nSPS) is 10.9. The summed E-state index contributed by atoms with van der Waals surface area (Å²) >= 11 is 5.87. The molecule has 0 spiro atoms. The Labute approximate surface area is 105 Å². The average molecular weight is 246 g/mol. The van der Waals surface area contributed by atoms with E-state index in [4.69, 9.17) is 11.6 Å². The van der Waals surface area contributed by atoms with E-state index in [0.717, 1.165) is 11.3 Å². The molecule has 0 bridgehead atoms. The number of aliphatic imine (C=N–C) groups is 1. The molecule has 2 aromatic rings. The van der Waals surface area contributed by atoms with E-state index in [1.54, 1.807) is 24.4 Å². The molecule has 3 heteroatoms. The molecule has 0 atom stereocenters. The Hall–Kier alpha value is -1.80. The highest BCUT2D eigenvalue weighted by atomic mass is 35.5. The summed E-state index contributed by atoms with van der Waals surface area (Å²) in [6.07, 6.45) is 1.64. The fourth-order valence-electron chi connectivity index (χ4n) is 1.50. The molecule has 0 amide bonds. The lowest BCUT2D eigenvalue weighted by Crippen LogP contribution is -1.82. The van der Waals surface area contributed by atoms with E-state index >= 15 is 0 Å². The first-order chi connectivity index (χ1) is 8.16. The van der Waals surface area contributed by atoms with Crippen molar-refractivity contribution in [2.24, 2.45) is 4.99 Å². The molecule has 0 fully saturated rings. The molecule has 0 unspecified atom stereocenters. The standard InChI is InChI=1S/C14H12ClNO/c1-10-8-12(15)6-7-13(10)16-9-11-4-2-3-5-14(11)17/h2-9,17H,1H3. The van der Waals surface area contributed by atoms with Gasteiger partial charge in [-0.3, -0.25) is 4.99 Å². The van der Waals surface area contributed by atoms with Gasteiger partial charge in [-0.1, -0.05) is 23.7 Å². The van der Waals surface area contributed by atoms with E-state index in [-0.39, 0.29) is 5.75 Å². The maximum Gasteiger partial charge on any atom is 0.124 e. The Balaban J connectivity index is 2.29. The topological polar surface area (TPSA) is 32.6 Å². The number of benzene rings is 2. The lowest BCUT2D eigenvalue weighted by Gasteiger charge is -2.01. The van der Waals surface area contributed by atoms with Gasteiger partial charge in [0.15, 0.2) is 0 Å². The summed E-state index contributed by atoms with van der Waals surface area (Å²) in [6.45, 7) is 1.95. The highest BCUT2D eigenvalue weighted by Gasteiger charge is 1.98. The lowest BCUT2D eigenvalue weighted by molar-refractivity contribution is 0.474. The number of aromatic hydroxyl groups is 1. The Morgan fingerprint density at radius 3 is 2.65 bits per heavy atom. The Kier molecular flexibility index (Phi) is 3.45. The third-order valence-corrected chi connectivity index (χ3v) is 2.67. The van der Waals surface area contributed by atoms with Crippen molar-refractivity contribution >= 4 is 23.5 Å². The van der Waals surface area contributed by atoms with E-state index < -0.39 is 0 Å². The summed E-state index contributed by atoms with van der Waals surface area (Å²) in [5.41, 5.74) is 2.55. The van der Waals surface area contributed by atoms with Crippen LogP contribution in [-0.4, -0.2) is 11.3 Å². The van der Waals surface area contributed by atoms with Crippen molar-refractivity contribution in [1.82, 2.24) is 0 Å². The van der Waals surface area contributed by atoms with Crippen LogP contribution in [-0.2, 0) is 0 Å². The number of halogens is 1. The average Bonchev–Trinajstić information content (AvgIpc) is 2.30. The molecule has 1 N–H and O–H groups in total. The maximum atomic E-state index is 9.59. The van der Waals surface area contributed by atoms with Gasteiger partial charge in [-0.25, -0.2) is 0 Å². The van der Waals surface area contributed by atoms with Gasteiger partial charge in [-0.15, -0.1) is 0 Å². The Morgan fingerprint density at radius 2 is 1.94 bits per heavy atom. The Bertz CT molecular complexity index is 564. The molecular formula is C14H12ClNO. The number of hydrogen-bond donors (Lipinski definition) is 1. The van der Waals surface area contributed by atoms with E-state index in [0.29, 0.717) is 10.6 Å². The van der Waals surface area contributed by atoms with Gasteiger partial charge in [0.2, 0.25) is 0 Å². The van der Waals surface area contributed by atoms with Gasteiger partial charge < -0.3 is 5.11 Å². The van der Waals surface area contributed by atoms with Crippen molar-refractivity contribution in [3.05, 3.63) is 58.6 Å². The summed E-state index contributed by atoms with van der Waals surface area (Å²) in [6, 6.07) is 12.6. The fourth-order valence-corrected chi connectivity index (χ4v) is 1.73. The van der Waals surface area contributed by atoms with Crippen molar-refractivity contribution < 1.29 is 5.11 Å². The summed E-state index contributed by atoms with van der Waals surface area (Å²) in [7, 11) is 0. The number of phenolic OH excluding ortho intramolecular Hbond substituents is 1. The van der Waals surface area contributed by atoms with Crippen LogP contribution in [0, 0.1) is 6.92 Å². The smallest absolute Gasteiger partial charge is 0.124 e. The highest BCUT2D eigenvalue weighted by molar-refractivity contribution is 6.30. The second kappa shape index (κ2) is 5.02. The van der Waals surface area contributed by atoms with Crippen molar-refractivity contribution in [1.29, 1.82) is 0 Å². The summed E-state index contributed by atoms with van der Waals surface area (Å²) in [4.78, 5) is 4.33. The summed E-state index contributed by atoms with van der Waals surface area (Å²) < 4.78 is 0. The monoisotopic (exact) mass is 245 g/mol. The van der Waals surface area contributed by atoms with Crippen molar-refractivity contribution in [3.63, 3.8) is 0 Å². The number of para-hydroxylation sites is 1. The summed E-state index contributed by atoms with van der Waals surface area (Å²) in [5.74, 6) is 0.225. The molecule has 2 rings (SSSR count). The predicted octanol–water partition coefficient (Wildman–Crippen LogP) is 4.10. The third kappa shape index (κ3) is 2.86. The molecule has 0 heterocycles. The van der Waals surface area contributed by atoms with E-state index in [2.05, 4.69) is 4.99 Å². The van der Waals surface area contributed by atoms with Gasteiger partial charge in [-0.2, -0.15) is 0 Å². The molecule has 2 nitrogen and oxygen atoms in total. The van der Waals surface area contributed by atoms with E-state index in [1.165, 1.54) is 0 Å². The minimum absolute atomic E-state index is 0.225. The van der Waals surface area contributed by atoms with Crippen molar-refractivity contribution in [2.75, 3.05) is 0 Å². The number of hydrogen-bond acceptors (Lipinski definition) is 2. The third-order valence-electron chi connectivity index (χ3n) is 2.44. The zero-order valence-electron chi connectivity index (χ0n) is 9.39. The quantitative estimate of drug-likeness (QED) is 0.794. The molecule has 86 valence electrons. The minimum atomic E-state index is 0.225. The first kappa shape index (κ1) is 11.7. The van der Waals surface area contributed by atoms with Gasteiger partial charge in [0, 0.05) is 16.8 Å². The number of phenols is 1. The van der Waals surface area contributed by atoms with Crippen molar-refractivity contribution in [2.45, 2.75) is 6.92 Å². The Morgan fingerprint density at radius 1 is 1.18 bits per heavy atom. The van der Waals surface area contributed by atoms with Crippen LogP contribution in [0.1, 0.15) is 11.1 Å². The molecule has 0 aromatic heterocycles. The molecule has 0 saturated heterocycles. The zero-order valence-corrected chi connectivity index (χ0v) is 10.1. The molecule has 0 radical (unpaired) electrons. The van der Waals surface area contributed by atoms with Gasteiger partial charge in [0.25, 0.3) is 0 Å². The molecule has 0 aliphatic heterocycles. The maximum absolute atomic E-state index is 9.59. The van der Waals surface area contributed by atoms with Gasteiger partial charge in [0.1, 0.15) is 5.75 Å².